The normalized spacial score (nSPS) is 16.9. The van der Waals surface area contributed by atoms with Crippen molar-refractivity contribution in [2.75, 3.05) is 26.2 Å². The molecule has 1 N–H and O–H groups in total. The zero-order chi connectivity index (χ0) is 17.0. The van der Waals surface area contributed by atoms with Gasteiger partial charge in [-0.3, -0.25) is 4.90 Å². The van der Waals surface area contributed by atoms with E-state index in [1.54, 1.807) is 4.90 Å². The third-order valence-electron chi connectivity index (χ3n) is 3.40. The van der Waals surface area contributed by atoms with Crippen molar-refractivity contribution >= 4 is 12.1 Å². The van der Waals surface area contributed by atoms with Gasteiger partial charge in [-0.05, 0) is 27.2 Å². The van der Waals surface area contributed by atoms with E-state index in [1.807, 2.05) is 20.8 Å². The fourth-order valence-corrected chi connectivity index (χ4v) is 2.35. The van der Waals surface area contributed by atoms with Crippen molar-refractivity contribution in [1.82, 2.24) is 15.0 Å². The number of hydrogen-bond acceptors (Lipinski definition) is 6. The molecule has 1 amide bonds. The second-order valence-electron chi connectivity index (χ2n) is 6.58. The molecule has 23 heavy (non-hydrogen) atoms. The van der Waals surface area contributed by atoms with Gasteiger partial charge in [0.05, 0.1) is 6.54 Å². The van der Waals surface area contributed by atoms with Gasteiger partial charge in [-0.25, -0.2) is 9.59 Å². The van der Waals surface area contributed by atoms with Gasteiger partial charge in [0.25, 0.3) is 0 Å². The Morgan fingerprint density at radius 1 is 1.30 bits per heavy atom. The van der Waals surface area contributed by atoms with E-state index in [4.69, 9.17) is 14.4 Å². The van der Waals surface area contributed by atoms with Crippen molar-refractivity contribution in [1.29, 1.82) is 0 Å². The van der Waals surface area contributed by atoms with E-state index < -0.39 is 11.6 Å². The van der Waals surface area contributed by atoms with Crippen LogP contribution >= 0.6 is 0 Å². The first-order valence-electron chi connectivity index (χ1n) is 7.64. The second kappa shape index (κ2) is 6.99. The van der Waals surface area contributed by atoms with E-state index in [0.29, 0.717) is 31.9 Å². The van der Waals surface area contributed by atoms with Crippen molar-refractivity contribution in [3.8, 4) is 0 Å². The molecule has 1 aromatic rings. The van der Waals surface area contributed by atoms with Crippen LogP contribution in [0.4, 0.5) is 4.79 Å². The first-order chi connectivity index (χ1) is 10.7. The lowest BCUT2D eigenvalue weighted by Gasteiger charge is -2.26. The maximum atomic E-state index is 12.1. The molecule has 1 fully saturated rings. The molecule has 0 aliphatic carbocycles. The molecule has 0 spiro atoms. The zero-order valence-corrected chi connectivity index (χ0v) is 13.7. The largest absolute Gasteiger partial charge is 0.476 e. The van der Waals surface area contributed by atoms with Gasteiger partial charge in [0.2, 0.25) is 0 Å². The van der Waals surface area contributed by atoms with Crippen molar-refractivity contribution in [2.24, 2.45) is 0 Å². The lowest BCUT2D eigenvalue weighted by molar-refractivity contribution is 0.0257. The Morgan fingerprint density at radius 3 is 2.65 bits per heavy atom. The van der Waals surface area contributed by atoms with E-state index in [2.05, 4.69) is 10.1 Å². The van der Waals surface area contributed by atoms with Gasteiger partial charge < -0.3 is 19.3 Å². The minimum absolute atomic E-state index is 0.0924. The molecule has 0 atom stereocenters. The molecule has 1 aromatic heterocycles. The lowest BCUT2D eigenvalue weighted by atomic mass is 10.2. The Bertz CT molecular complexity index is 564. The van der Waals surface area contributed by atoms with Crippen LogP contribution < -0.4 is 0 Å². The number of amides is 1. The maximum Gasteiger partial charge on any atom is 0.410 e. The summed E-state index contributed by atoms with van der Waals surface area (Å²) in [6, 6.07) is 1.43. The number of carbonyl (C=O) groups excluding carboxylic acids is 1. The third kappa shape index (κ3) is 5.24. The quantitative estimate of drug-likeness (QED) is 0.905. The van der Waals surface area contributed by atoms with Crippen LogP contribution in [0.2, 0.25) is 0 Å². The average Bonchev–Trinajstić information content (AvgIpc) is 2.76. The second-order valence-corrected chi connectivity index (χ2v) is 6.58. The molecule has 0 unspecified atom stereocenters. The number of carboxylic acids is 1. The number of hydrogen-bond donors (Lipinski definition) is 1. The Balaban J connectivity index is 1.88. The Morgan fingerprint density at radius 2 is 2.04 bits per heavy atom. The van der Waals surface area contributed by atoms with Crippen LogP contribution in [0.5, 0.6) is 0 Å². The van der Waals surface area contributed by atoms with Crippen LogP contribution in [0, 0.1) is 0 Å². The fraction of sp³-hybridized carbons (Fsp3) is 0.667. The summed E-state index contributed by atoms with van der Waals surface area (Å²) in [5, 5.41) is 12.3. The van der Waals surface area contributed by atoms with Gasteiger partial charge in [-0.2, -0.15) is 0 Å². The molecule has 2 rings (SSSR count). The number of carboxylic acid groups (broad SMARTS) is 1. The summed E-state index contributed by atoms with van der Waals surface area (Å²) in [5.41, 5.74) is -0.596. The number of rotatable bonds is 3. The van der Waals surface area contributed by atoms with Crippen molar-refractivity contribution in [2.45, 2.75) is 39.3 Å². The van der Waals surface area contributed by atoms with E-state index in [-0.39, 0.29) is 11.8 Å². The van der Waals surface area contributed by atoms with Gasteiger partial charge in [0.1, 0.15) is 5.60 Å². The number of aromatic carboxylic acids is 1. The van der Waals surface area contributed by atoms with Gasteiger partial charge in [-0.15, -0.1) is 0 Å². The van der Waals surface area contributed by atoms with Crippen molar-refractivity contribution in [3.63, 3.8) is 0 Å². The molecule has 2 heterocycles. The Hall–Kier alpha value is -2.09. The number of ether oxygens (including phenoxy) is 1. The van der Waals surface area contributed by atoms with Crippen LogP contribution in [-0.2, 0) is 11.3 Å². The van der Waals surface area contributed by atoms with Crippen molar-refractivity contribution in [3.05, 3.63) is 17.5 Å². The van der Waals surface area contributed by atoms with Crippen LogP contribution in [0.3, 0.4) is 0 Å². The predicted octanol–water partition coefficient (Wildman–Crippen LogP) is 1.82. The summed E-state index contributed by atoms with van der Waals surface area (Å²) < 4.78 is 10.4. The molecule has 128 valence electrons. The Kier molecular flexibility index (Phi) is 5.25. The SMILES string of the molecule is CC(C)(C)OC(=O)N1CCCN(Cc2cc(C(=O)O)no2)CC1. The maximum absolute atomic E-state index is 12.1. The molecule has 1 aliphatic heterocycles. The average molecular weight is 325 g/mol. The van der Waals surface area contributed by atoms with Gasteiger partial charge in [-0.1, -0.05) is 5.16 Å². The van der Waals surface area contributed by atoms with E-state index >= 15 is 0 Å². The molecule has 0 radical (unpaired) electrons. The highest BCUT2D eigenvalue weighted by Crippen LogP contribution is 2.14. The molecule has 8 nitrogen and oxygen atoms in total. The summed E-state index contributed by atoms with van der Waals surface area (Å²) >= 11 is 0. The number of nitrogens with zero attached hydrogens (tertiary/aromatic N) is 3. The minimum atomic E-state index is -1.10. The van der Waals surface area contributed by atoms with E-state index in [0.717, 1.165) is 13.0 Å². The molecule has 1 aliphatic rings. The van der Waals surface area contributed by atoms with Gasteiger partial charge >= 0.3 is 12.1 Å². The molecular formula is C15H23N3O5. The first kappa shape index (κ1) is 17.3. The van der Waals surface area contributed by atoms with Crippen LogP contribution in [0.15, 0.2) is 10.6 Å². The highest BCUT2D eigenvalue weighted by atomic mass is 16.6. The van der Waals surface area contributed by atoms with Gasteiger partial charge in [0, 0.05) is 32.2 Å². The molecule has 1 saturated heterocycles. The van der Waals surface area contributed by atoms with Crippen LogP contribution in [-0.4, -0.2) is 63.9 Å². The first-order valence-corrected chi connectivity index (χ1v) is 7.64. The smallest absolute Gasteiger partial charge is 0.410 e. The van der Waals surface area contributed by atoms with Gasteiger partial charge in [0.15, 0.2) is 11.5 Å². The number of carbonyl (C=O) groups is 2. The lowest BCUT2D eigenvalue weighted by Crippen LogP contribution is -2.39. The van der Waals surface area contributed by atoms with E-state index in [1.165, 1.54) is 6.07 Å². The molecular weight excluding hydrogens is 302 g/mol. The predicted molar refractivity (Wildman–Crippen MR) is 81.2 cm³/mol. The summed E-state index contributed by atoms with van der Waals surface area (Å²) in [5.74, 6) is -0.597. The monoisotopic (exact) mass is 325 g/mol. The summed E-state index contributed by atoms with van der Waals surface area (Å²) in [7, 11) is 0. The summed E-state index contributed by atoms with van der Waals surface area (Å²) in [6.45, 7) is 8.68. The molecule has 0 aromatic carbocycles. The molecule has 0 saturated carbocycles. The van der Waals surface area contributed by atoms with E-state index in [9.17, 15) is 9.59 Å². The minimum Gasteiger partial charge on any atom is -0.476 e. The standard InChI is InChI=1S/C15H23N3O5/c1-15(2,3)22-14(21)18-6-4-5-17(7-8-18)10-11-9-12(13(19)20)16-23-11/h9H,4-8,10H2,1-3H3,(H,19,20). The zero-order valence-electron chi connectivity index (χ0n) is 13.7. The molecule has 8 heteroatoms. The van der Waals surface area contributed by atoms with Crippen LogP contribution in [0.1, 0.15) is 43.4 Å². The number of aromatic nitrogens is 1. The third-order valence-corrected chi connectivity index (χ3v) is 3.40. The highest BCUT2D eigenvalue weighted by molar-refractivity contribution is 5.85. The van der Waals surface area contributed by atoms with Crippen molar-refractivity contribution < 1.29 is 24.0 Å². The highest BCUT2D eigenvalue weighted by Gasteiger charge is 2.25. The summed E-state index contributed by atoms with van der Waals surface area (Å²) in [6.07, 6.45) is 0.520. The fourth-order valence-electron chi connectivity index (χ4n) is 2.35. The topological polar surface area (TPSA) is 96.1 Å². The summed E-state index contributed by atoms with van der Waals surface area (Å²) in [4.78, 5) is 26.7. The Labute approximate surface area is 135 Å². The van der Waals surface area contributed by atoms with Crippen LogP contribution in [0.25, 0.3) is 0 Å². The molecule has 0 bridgehead atoms.